The Morgan fingerprint density at radius 2 is 1.77 bits per heavy atom. The number of carbonyl (C=O) groups is 1. The predicted octanol–water partition coefficient (Wildman–Crippen LogP) is 1.86. The van der Waals surface area contributed by atoms with E-state index in [2.05, 4.69) is 0 Å². The molecule has 1 saturated heterocycles. The van der Waals surface area contributed by atoms with Crippen LogP contribution < -0.4 is 9.47 Å². The van der Waals surface area contributed by atoms with E-state index in [-0.39, 0.29) is 16.4 Å². The van der Waals surface area contributed by atoms with Gasteiger partial charge < -0.3 is 34.6 Å². The summed E-state index contributed by atoms with van der Waals surface area (Å²) in [6.45, 7) is 3.44. The van der Waals surface area contributed by atoms with E-state index in [0.29, 0.717) is 5.75 Å². The van der Waals surface area contributed by atoms with Crippen LogP contribution in [0.5, 0.6) is 11.5 Å². The first kappa shape index (κ1) is 25.0. The van der Waals surface area contributed by atoms with Gasteiger partial charge in [-0.05, 0) is 35.2 Å². The molecule has 0 saturated carbocycles. The molecule has 2 aromatic rings. The highest BCUT2D eigenvalue weighted by atomic mass is 32.1. The molecule has 31 heavy (non-hydrogen) atoms. The fourth-order valence-electron chi connectivity index (χ4n) is 2.82. The number of allylic oxidation sites excluding steroid dienone is 1. The van der Waals surface area contributed by atoms with Gasteiger partial charge >= 0.3 is 0 Å². The zero-order valence-corrected chi connectivity index (χ0v) is 18.4. The SMILES string of the molecule is CC.COc1ccc(/C=C/C(=O)c2sccc2OC2OC(CO)C(O)C(O)C2O)cc1. The highest BCUT2D eigenvalue weighted by Gasteiger charge is 2.45. The monoisotopic (exact) mass is 452 g/mol. The summed E-state index contributed by atoms with van der Waals surface area (Å²) in [6.07, 6.45) is -3.98. The lowest BCUT2D eigenvalue weighted by Crippen LogP contribution is -2.60. The number of carbonyl (C=O) groups excluding carboxylic acids is 1. The molecule has 1 aromatic heterocycles. The molecule has 0 spiro atoms. The maximum absolute atomic E-state index is 12.6. The summed E-state index contributed by atoms with van der Waals surface area (Å²) >= 11 is 1.15. The molecule has 8 nitrogen and oxygen atoms in total. The highest BCUT2D eigenvalue weighted by molar-refractivity contribution is 7.12. The molecule has 0 radical (unpaired) electrons. The van der Waals surface area contributed by atoms with Crippen LogP contribution in [-0.2, 0) is 4.74 Å². The van der Waals surface area contributed by atoms with Crippen LogP contribution in [0.15, 0.2) is 41.8 Å². The molecule has 3 rings (SSSR count). The molecular weight excluding hydrogens is 424 g/mol. The van der Waals surface area contributed by atoms with E-state index in [1.54, 1.807) is 36.8 Å². The number of aliphatic hydroxyl groups is 4. The van der Waals surface area contributed by atoms with Crippen molar-refractivity contribution in [2.75, 3.05) is 13.7 Å². The molecule has 0 bridgehead atoms. The van der Waals surface area contributed by atoms with Crippen molar-refractivity contribution in [3.05, 3.63) is 52.2 Å². The van der Waals surface area contributed by atoms with Gasteiger partial charge in [-0.15, -0.1) is 11.3 Å². The number of hydrogen-bond acceptors (Lipinski definition) is 9. The van der Waals surface area contributed by atoms with Gasteiger partial charge in [-0.1, -0.05) is 32.1 Å². The third kappa shape index (κ3) is 6.13. The van der Waals surface area contributed by atoms with E-state index in [1.165, 1.54) is 6.08 Å². The van der Waals surface area contributed by atoms with Crippen molar-refractivity contribution in [1.82, 2.24) is 0 Å². The number of rotatable bonds is 7. The Balaban J connectivity index is 0.00000166. The first-order valence-electron chi connectivity index (χ1n) is 9.85. The van der Waals surface area contributed by atoms with Gasteiger partial charge in [0.25, 0.3) is 0 Å². The van der Waals surface area contributed by atoms with Crippen LogP contribution in [0.2, 0.25) is 0 Å². The smallest absolute Gasteiger partial charge is 0.229 e. The van der Waals surface area contributed by atoms with Crippen molar-refractivity contribution in [2.24, 2.45) is 0 Å². The number of benzene rings is 1. The molecular formula is C22H28O8S. The third-order valence-electron chi connectivity index (χ3n) is 4.49. The first-order chi connectivity index (χ1) is 14.9. The maximum Gasteiger partial charge on any atom is 0.229 e. The van der Waals surface area contributed by atoms with Crippen molar-refractivity contribution in [1.29, 1.82) is 0 Å². The Morgan fingerprint density at radius 1 is 1.10 bits per heavy atom. The average molecular weight is 453 g/mol. The van der Waals surface area contributed by atoms with Gasteiger partial charge in [-0.3, -0.25) is 4.79 Å². The van der Waals surface area contributed by atoms with Gasteiger partial charge in [0.15, 0.2) is 5.78 Å². The molecule has 1 fully saturated rings. The Kier molecular flexibility index (Phi) is 9.63. The van der Waals surface area contributed by atoms with Gasteiger partial charge in [-0.2, -0.15) is 0 Å². The van der Waals surface area contributed by atoms with Crippen LogP contribution in [0.3, 0.4) is 0 Å². The predicted molar refractivity (Wildman–Crippen MR) is 116 cm³/mol. The quantitative estimate of drug-likeness (QED) is 0.371. The molecule has 5 atom stereocenters. The van der Waals surface area contributed by atoms with Crippen LogP contribution in [0.25, 0.3) is 6.08 Å². The lowest BCUT2D eigenvalue weighted by molar-refractivity contribution is -0.277. The summed E-state index contributed by atoms with van der Waals surface area (Å²) in [5.74, 6) is 0.570. The average Bonchev–Trinajstić information content (AvgIpc) is 3.27. The van der Waals surface area contributed by atoms with Crippen molar-refractivity contribution < 1.29 is 39.4 Å². The van der Waals surface area contributed by atoms with E-state index in [1.807, 2.05) is 26.0 Å². The standard InChI is InChI=1S/C20H22O8S.C2H6/c1-26-12-5-2-11(3-6-12)4-7-13(22)19-14(8-9-29-19)27-20-18(25)17(24)16(23)15(10-21)28-20;1-2/h2-9,15-18,20-21,23-25H,10H2,1H3;1-2H3/b7-4+;. The summed E-state index contributed by atoms with van der Waals surface area (Å²) in [4.78, 5) is 12.9. The second-order valence-corrected chi connectivity index (χ2v) is 7.32. The maximum atomic E-state index is 12.6. The van der Waals surface area contributed by atoms with Crippen LogP contribution in [0.1, 0.15) is 29.1 Å². The lowest BCUT2D eigenvalue weighted by Gasteiger charge is -2.39. The Hall–Kier alpha value is -2.27. The number of thiophene rings is 1. The number of aliphatic hydroxyl groups excluding tert-OH is 4. The zero-order valence-electron chi connectivity index (χ0n) is 17.5. The Bertz CT molecular complexity index is 845. The van der Waals surface area contributed by atoms with Crippen molar-refractivity contribution in [3.63, 3.8) is 0 Å². The largest absolute Gasteiger partial charge is 0.497 e. The summed E-state index contributed by atoms with van der Waals surface area (Å²) in [6, 6.07) is 8.72. The van der Waals surface area contributed by atoms with E-state index in [4.69, 9.17) is 14.2 Å². The molecule has 170 valence electrons. The highest BCUT2D eigenvalue weighted by Crippen LogP contribution is 2.30. The van der Waals surface area contributed by atoms with Crippen molar-refractivity contribution >= 4 is 23.2 Å². The van der Waals surface area contributed by atoms with Gasteiger partial charge in [0, 0.05) is 0 Å². The molecule has 5 unspecified atom stereocenters. The zero-order chi connectivity index (χ0) is 23.0. The van der Waals surface area contributed by atoms with Crippen LogP contribution >= 0.6 is 11.3 Å². The fraction of sp³-hybridized carbons (Fsp3) is 0.409. The summed E-state index contributed by atoms with van der Waals surface area (Å²) in [5.41, 5.74) is 0.812. The van der Waals surface area contributed by atoms with Crippen LogP contribution in [-0.4, -0.2) is 70.6 Å². The molecule has 0 amide bonds. The number of ether oxygens (including phenoxy) is 3. The second kappa shape index (κ2) is 11.9. The van der Waals surface area contributed by atoms with Crippen molar-refractivity contribution in [3.8, 4) is 11.5 Å². The van der Waals surface area contributed by atoms with Crippen LogP contribution in [0.4, 0.5) is 0 Å². The Labute approximate surface area is 184 Å². The third-order valence-corrected chi connectivity index (χ3v) is 5.40. The van der Waals surface area contributed by atoms with E-state index < -0.39 is 37.3 Å². The van der Waals surface area contributed by atoms with Crippen molar-refractivity contribution in [2.45, 2.75) is 44.6 Å². The molecule has 1 aliphatic rings. The summed E-state index contributed by atoms with van der Waals surface area (Å²) in [5, 5.41) is 40.7. The fourth-order valence-corrected chi connectivity index (χ4v) is 3.57. The number of methoxy groups -OCH3 is 1. The van der Waals surface area contributed by atoms with Crippen LogP contribution in [0, 0.1) is 0 Å². The minimum absolute atomic E-state index is 0.170. The van der Waals surface area contributed by atoms with Gasteiger partial charge in [0.2, 0.25) is 6.29 Å². The molecule has 1 aromatic carbocycles. The minimum atomic E-state index is -1.56. The first-order valence-corrected chi connectivity index (χ1v) is 10.7. The van der Waals surface area contributed by atoms with E-state index in [9.17, 15) is 25.2 Å². The van der Waals surface area contributed by atoms with E-state index in [0.717, 1.165) is 16.9 Å². The Morgan fingerprint density at radius 3 is 2.39 bits per heavy atom. The molecule has 9 heteroatoms. The normalized spacial score (nSPS) is 25.6. The summed E-state index contributed by atoms with van der Waals surface area (Å²) < 4.78 is 16.0. The molecule has 2 heterocycles. The minimum Gasteiger partial charge on any atom is -0.497 e. The summed E-state index contributed by atoms with van der Waals surface area (Å²) in [7, 11) is 1.57. The van der Waals surface area contributed by atoms with Gasteiger partial charge in [-0.25, -0.2) is 0 Å². The lowest BCUT2D eigenvalue weighted by atomic mass is 9.99. The number of hydrogen-bond donors (Lipinski definition) is 4. The molecule has 4 N–H and O–H groups in total. The molecule has 0 aliphatic carbocycles. The van der Waals surface area contributed by atoms with Gasteiger partial charge in [0.1, 0.15) is 40.8 Å². The second-order valence-electron chi connectivity index (χ2n) is 6.40. The van der Waals surface area contributed by atoms with E-state index >= 15 is 0 Å². The van der Waals surface area contributed by atoms with Gasteiger partial charge in [0.05, 0.1) is 13.7 Å². The number of ketones is 1. The topological polar surface area (TPSA) is 126 Å². The molecule has 1 aliphatic heterocycles.